The summed E-state index contributed by atoms with van der Waals surface area (Å²) in [5, 5.41) is 2.56. The SMILES string of the molecule is CS(=O)(=O)CCNC(=O)c1cccc(I)c1. The minimum absolute atomic E-state index is 0.0390. The van der Waals surface area contributed by atoms with Gasteiger partial charge in [0.25, 0.3) is 5.91 Å². The Morgan fingerprint density at radius 2 is 2.12 bits per heavy atom. The zero-order valence-corrected chi connectivity index (χ0v) is 11.7. The Labute approximate surface area is 108 Å². The van der Waals surface area contributed by atoms with E-state index in [1.54, 1.807) is 18.2 Å². The van der Waals surface area contributed by atoms with Crippen molar-refractivity contribution in [2.24, 2.45) is 0 Å². The van der Waals surface area contributed by atoms with Crippen LogP contribution in [-0.2, 0) is 9.84 Å². The first-order valence-corrected chi connectivity index (χ1v) is 7.74. The van der Waals surface area contributed by atoms with E-state index in [1.165, 1.54) is 0 Å². The summed E-state index contributed by atoms with van der Waals surface area (Å²) < 4.78 is 22.7. The standard InChI is InChI=1S/C10H12INO3S/c1-16(14,15)6-5-12-10(13)8-3-2-4-9(11)7-8/h2-4,7H,5-6H2,1H3,(H,12,13). The molecule has 1 amide bonds. The fraction of sp³-hybridized carbons (Fsp3) is 0.300. The number of hydrogen-bond acceptors (Lipinski definition) is 3. The van der Waals surface area contributed by atoms with Crippen molar-refractivity contribution in [3.8, 4) is 0 Å². The maximum Gasteiger partial charge on any atom is 0.251 e. The number of hydrogen-bond donors (Lipinski definition) is 1. The molecule has 0 radical (unpaired) electrons. The molecule has 0 bridgehead atoms. The zero-order valence-electron chi connectivity index (χ0n) is 8.73. The average Bonchev–Trinajstić information content (AvgIpc) is 2.15. The average molecular weight is 353 g/mol. The van der Waals surface area contributed by atoms with E-state index in [9.17, 15) is 13.2 Å². The lowest BCUT2D eigenvalue weighted by molar-refractivity contribution is 0.0956. The van der Waals surface area contributed by atoms with Gasteiger partial charge in [-0.05, 0) is 40.8 Å². The van der Waals surface area contributed by atoms with Crippen molar-refractivity contribution in [3.05, 3.63) is 33.4 Å². The fourth-order valence-corrected chi connectivity index (χ4v) is 2.10. The van der Waals surface area contributed by atoms with Gasteiger partial charge < -0.3 is 5.32 Å². The Hall–Kier alpha value is -0.630. The maximum absolute atomic E-state index is 11.6. The Morgan fingerprint density at radius 3 is 2.69 bits per heavy atom. The van der Waals surface area contributed by atoms with Crippen molar-refractivity contribution < 1.29 is 13.2 Å². The van der Waals surface area contributed by atoms with Crippen LogP contribution in [0, 0.1) is 3.57 Å². The summed E-state index contributed by atoms with van der Waals surface area (Å²) in [5.74, 6) is -0.287. The second-order valence-electron chi connectivity index (χ2n) is 3.40. The van der Waals surface area contributed by atoms with Gasteiger partial charge in [0.2, 0.25) is 0 Å². The molecule has 1 aromatic rings. The fourth-order valence-electron chi connectivity index (χ4n) is 1.08. The van der Waals surface area contributed by atoms with Gasteiger partial charge in [0.05, 0.1) is 5.75 Å². The third-order valence-electron chi connectivity index (χ3n) is 1.85. The van der Waals surface area contributed by atoms with Crippen LogP contribution < -0.4 is 5.32 Å². The first kappa shape index (κ1) is 13.4. The summed E-state index contributed by atoms with van der Waals surface area (Å²) in [6.45, 7) is 0.142. The van der Waals surface area contributed by atoms with Crippen LogP contribution in [0.4, 0.5) is 0 Å². The van der Waals surface area contributed by atoms with Crippen LogP contribution in [-0.4, -0.2) is 32.9 Å². The molecule has 0 fully saturated rings. The van der Waals surface area contributed by atoms with E-state index in [1.807, 2.05) is 6.07 Å². The van der Waals surface area contributed by atoms with Crippen LogP contribution in [0.1, 0.15) is 10.4 Å². The van der Waals surface area contributed by atoms with Gasteiger partial charge in [-0.2, -0.15) is 0 Å². The molecular weight excluding hydrogens is 341 g/mol. The van der Waals surface area contributed by atoms with Gasteiger partial charge in [-0.15, -0.1) is 0 Å². The van der Waals surface area contributed by atoms with Crippen LogP contribution in [0.2, 0.25) is 0 Å². The topological polar surface area (TPSA) is 63.2 Å². The summed E-state index contributed by atoms with van der Waals surface area (Å²) >= 11 is 2.11. The lowest BCUT2D eigenvalue weighted by Crippen LogP contribution is -2.28. The molecule has 6 heteroatoms. The molecule has 0 aromatic heterocycles. The third kappa shape index (κ3) is 4.93. The largest absolute Gasteiger partial charge is 0.351 e. The molecule has 1 N–H and O–H groups in total. The van der Waals surface area contributed by atoms with Gasteiger partial charge in [0.15, 0.2) is 0 Å². The second-order valence-corrected chi connectivity index (χ2v) is 6.90. The predicted molar refractivity (Wildman–Crippen MR) is 71.2 cm³/mol. The Balaban J connectivity index is 2.54. The molecule has 0 spiro atoms. The molecule has 0 heterocycles. The summed E-state index contributed by atoms with van der Waals surface area (Å²) in [7, 11) is -3.03. The second kappa shape index (κ2) is 5.62. The van der Waals surface area contributed by atoms with Gasteiger partial charge in [-0.3, -0.25) is 4.79 Å². The van der Waals surface area contributed by atoms with Gasteiger partial charge in [-0.1, -0.05) is 6.07 Å². The molecule has 0 aliphatic heterocycles. The number of benzene rings is 1. The van der Waals surface area contributed by atoms with Crippen molar-refractivity contribution in [1.29, 1.82) is 0 Å². The summed E-state index contributed by atoms with van der Waals surface area (Å²) in [6, 6.07) is 7.11. The lowest BCUT2D eigenvalue weighted by Gasteiger charge is -2.04. The summed E-state index contributed by atoms with van der Waals surface area (Å²) in [5.41, 5.74) is 0.542. The van der Waals surface area contributed by atoms with E-state index < -0.39 is 9.84 Å². The van der Waals surface area contributed by atoms with E-state index >= 15 is 0 Å². The zero-order chi connectivity index (χ0) is 12.2. The summed E-state index contributed by atoms with van der Waals surface area (Å²) in [6.07, 6.45) is 1.14. The van der Waals surface area contributed by atoms with E-state index in [0.29, 0.717) is 5.56 Å². The van der Waals surface area contributed by atoms with Gasteiger partial charge in [0, 0.05) is 21.9 Å². The lowest BCUT2D eigenvalue weighted by atomic mass is 10.2. The maximum atomic E-state index is 11.6. The molecule has 1 aromatic carbocycles. The normalized spacial score (nSPS) is 11.1. The summed E-state index contributed by atoms with van der Waals surface area (Å²) in [4.78, 5) is 11.6. The van der Waals surface area contributed by atoms with Crippen molar-refractivity contribution in [2.45, 2.75) is 0 Å². The van der Waals surface area contributed by atoms with Crippen molar-refractivity contribution >= 4 is 38.3 Å². The quantitative estimate of drug-likeness (QED) is 0.824. The Morgan fingerprint density at radius 1 is 1.44 bits per heavy atom. The van der Waals surface area contributed by atoms with E-state index in [-0.39, 0.29) is 18.2 Å². The molecular formula is C10H12INO3S. The number of carbonyl (C=O) groups is 1. The first-order chi connectivity index (χ1) is 7.38. The molecule has 0 saturated carbocycles. The molecule has 0 atom stereocenters. The molecule has 1 rings (SSSR count). The third-order valence-corrected chi connectivity index (χ3v) is 3.46. The van der Waals surface area contributed by atoms with Crippen LogP contribution in [0.3, 0.4) is 0 Å². The number of carbonyl (C=O) groups excluding carboxylic acids is 1. The Kier molecular flexibility index (Phi) is 4.72. The highest BCUT2D eigenvalue weighted by Crippen LogP contribution is 2.07. The first-order valence-electron chi connectivity index (χ1n) is 4.60. The highest BCUT2D eigenvalue weighted by molar-refractivity contribution is 14.1. The number of nitrogens with one attached hydrogen (secondary N) is 1. The van der Waals surface area contributed by atoms with E-state index in [4.69, 9.17) is 0 Å². The number of halogens is 1. The molecule has 0 saturated heterocycles. The highest BCUT2D eigenvalue weighted by Gasteiger charge is 2.07. The molecule has 16 heavy (non-hydrogen) atoms. The smallest absolute Gasteiger partial charge is 0.251 e. The Bertz CT molecular complexity index is 485. The minimum Gasteiger partial charge on any atom is -0.351 e. The van der Waals surface area contributed by atoms with Crippen molar-refractivity contribution in [1.82, 2.24) is 5.32 Å². The van der Waals surface area contributed by atoms with E-state index in [0.717, 1.165) is 9.83 Å². The van der Waals surface area contributed by atoms with Crippen LogP contribution in [0.15, 0.2) is 24.3 Å². The predicted octanol–water partition coefficient (Wildman–Crippen LogP) is 1.07. The molecule has 0 aliphatic rings. The van der Waals surface area contributed by atoms with E-state index in [2.05, 4.69) is 27.9 Å². The number of rotatable bonds is 4. The molecule has 0 unspecified atom stereocenters. The number of amides is 1. The van der Waals surface area contributed by atoms with Crippen LogP contribution in [0.25, 0.3) is 0 Å². The monoisotopic (exact) mass is 353 g/mol. The van der Waals surface area contributed by atoms with Gasteiger partial charge >= 0.3 is 0 Å². The van der Waals surface area contributed by atoms with Crippen LogP contribution in [0.5, 0.6) is 0 Å². The van der Waals surface area contributed by atoms with Crippen LogP contribution >= 0.6 is 22.6 Å². The molecule has 4 nitrogen and oxygen atoms in total. The highest BCUT2D eigenvalue weighted by atomic mass is 127. The van der Waals surface area contributed by atoms with Gasteiger partial charge in [0.1, 0.15) is 9.84 Å². The minimum atomic E-state index is -3.03. The molecule has 88 valence electrons. The van der Waals surface area contributed by atoms with Crippen molar-refractivity contribution in [2.75, 3.05) is 18.6 Å². The van der Waals surface area contributed by atoms with Crippen molar-refractivity contribution in [3.63, 3.8) is 0 Å². The van der Waals surface area contributed by atoms with Gasteiger partial charge in [-0.25, -0.2) is 8.42 Å². The molecule has 0 aliphatic carbocycles. The number of sulfone groups is 1.